The molecule has 31 heavy (non-hydrogen) atoms. The highest BCUT2D eigenvalue weighted by Gasteiger charge is 2.48. The van der Waals surface area contributed by atoms with Crippen LogP contribution in [0.4, 0.5) is 26.3 Å². The molecule has 5 nitrogen and oxygen atoms in total. The molecule has 0 bridgehead atoms. The van der Waals surface area contributed by atoms with Crippen LogP contribution < -0.4 is 0 Å². The van der Waals surface area contributed by atoms with Gasteiger partial charge in [0.2, 0.25) is 0 Å². The molecule has 1 aromatic carbocycles. The van der Waals surface area contributed by atoms with E-state index in [9.17, 15) is 36.9 Å². The number of nitrogens with zero attached hydrogens (tertiary/aromatic N) is 4. The Hall–Kier alpha value is -3.34. The maximum Gasteiger partial charge on any atom is 0.430 e. The minimum Gasteiger partial charge on any atom is -0.281 e. The predicted octanol–water partition coefficient (Wildman–Crippen LogP) is 5.49. The molecule has 0 amide bonds. The third-order valence-electron chi connectivity index (χ3n) is 5.07. The molecule has 1 aliphatic heterocycles. The summed E-state index contributed by atoms with van der Waals surface area (Å²) in [5.41, 5.74) is -1.04. The number of aliphatic imine (C=N–C) groups is 1. The number of nitriles is 2. The standard InChI is InChI=1S/C20H15F6N5/c1-2-14-11-7-10(3-4-16(11)31-30-14)17-12(8-27)15(5-6-19(21,22)23)29-18(13(17)9-28)20(24,25)26/h3-4,7,13,17H,2,5-6H2,1H3,(H,30,31). The number of allylic oxidation sites excluding steroid dienone is 2. The Bertz CT molecular complexity index is 1140. The van der Waals surface area contributed by atoms with Gasteiger partial charge in [0.1, 0.15) is 11.6 Å². The number of nitrogens with one attached hydrogen (secondary N) is 1. The first kappa shape index (κ1) is 22.3. The van der Waals surface area contributed by atoms with Crippen molar-refractivity contribution in [2.24, 2.45) is 10.9 Å². The Morgan fingerprint density at radius 2 is 1.84 bits per heavy atom. The van der Waals surface area contributed by atoms with Crippen molar-refractivity contribution >= 4 is 16.6 Å². The summed E-state index contributed by atoms with van der Waals surface area (Å²) in [7, 11) is 0. The largest absolute Gasteiger partial charge is 0.430 e. The van der Waals surface area contributed by atoms with Crippen LogP contribution in [0.3, 0.4) is 0 Å². The number of rotatable bonds is 4. The Balaban J connectivity index is 2.22. The summed E-state index contributed by atoms with van der Waals surface area (Å²) in [6.07, 6.45) is -11.5. The second-order valence-electron chi connectivity index (χ2n) is 7.00. The SMILES string of the molecule is CCc1[nH]nc2ccc(C3C(C#N)=C(CCC(F)(F)F)N=C(C(F)(F)F)C3C#N)cc12. The number of alkyl halides is 6. The molecule has 0 saturated carbocycles. The summed E-state index contributed by atoms with van der Waals surface area (Å²) in [6, 6.07) is 7.73. The van der Waals surface area contributed by atoms with Gasteiger partial charge in [-0.2, -0.15) is 42.0 Å². The number of aromatic amines is 1. The summed E-state index contributed by atoms with van der Waals surface area (Å²) in [5.74, 6) is -3.28. The van der Waals surface area contributed by atoms with E-state index in [0.29, 0.717) is 23.0 Å². The first-order valence-electron chi connectivity index (χ1n) is 9.22. The quantitative estimate of drug-likeness (QED) is 0.640. The van der Waals surface area contributed by atoms with Gasteiger partial charge < -0.3 is 0 Å². The molecule has 2 atom stereocenters. The number of halogens is 6. The maximum absolute atomic E-state index is 13.6. The first-order chi connectivity index (χ1) is 14.5. The number of benzene rings is 1. The van der Waals surface area contributed by atoms with Gasteiger partial charge in [-0.25, -0.2) is 0 Å². The Morgan fingerprint density at radius 1 is 1.13 bits per heavy atom. The van der Waals surface area contributed by atoms with Crippen molar-refractivity contribution in [1.29, 1.82) is 10.5 Å². The number of hydrogen-bond donors (Lipinski definition) is 1. The van der Waals surface area contributed by atoms with Gasteiger partial charge in [-0.3, -0.25) is 10.1 Å². The Labute approximate surface area is 172 Å². The van der Waals surface area contributed by atoms with Gasteiger partial charge in [0.15, 0.2) is 0 Å². The van der Waals surface area contributed by atoms with Gasteiger partial charge in [0, 0.05) is 23.4 Å². The van der Waals surface area contributed by atoms with Crippen molar-refractivity contribution in [2.45, 2.75) is 44.5 Å². The monoisotopic (exact) mass is 439 g/mol. The van der Waals surface area contributed by atoms with Gasteiger partial charge in [-0.05, 0) is 30.5 Å². The molecule has 11 heteroatoms. The minimum atomic E-state index is -5.04. The highest BCUT2D eigenvalue weighted by molar-refractivity contribution is 5.97. The number of fused-ring (bicyclic) bond motifs is 1. The van der Waals surface area contributed by atoms with Crippen LogP contribution in [0.1, 0.15) is 36.9 Å². The second-order valence-corrected chi connectivity index (χ2v) is 7.00. The molecule has 1 N–H and O–H groups in total. The van der Waals surface area contributed by atoms with Crippen molar-refractivity contribution < 1.29 is 26.3 Å². The average Bonchev–Trinajstić information content (AvgIpc) is 3.11. The average molecular weight is 439 g/mol. The fraction of sp³-hybridized carbons (Fsp3) is 0.400. The van der Waals surface area contributed by atoms with Crippen molar-refractivity contribution in [1.82, 2.24) is 10.2 Å². The van der Waals surface area contributed by atoms with Crippen LogP contribution in [0.15, 0.2) is 34.5 Å². The van der Waals surface area contributed by atoms with Crippen LogP contribution in [-0.4, -0.2) is 28.3 Å². The molecular weight excluding hydrogens is 424 g/mol. The molecule has 2 aromatic rings. The molecule has 1 aromatic heterocycles. The smallest absolute Gasteiger partial charge is 0.281 e. The zero-order valence-electron chi connectivity index (χ0n) is 16.1. The summed E-state index contributed by atoms with van der Waals surface area (Å²) in [4.78, 5) is 3.33. The summed E-state index contributed by atoms with van der Waals surface area (Å²) in [6.45, 7) is 1.84. The molecule has 0 spiro atoms. The van der Waals surface area contributed by atoms with Gasteiger partial charge in [0.05, 0.1) is 28.9 Å². The summed E-state index contributed by atoms with van der Waals surface area (Å²) < 4.78 is 79.1. The number of H-pyrrole nitrogens is 1. The molecule has 0 fully saturated rings. The molecule has 162 valence electrons. The molecule has 3 rings (SSSR count). The molecule has 0 saturated heterocycles. The van der Waals surface area contributed by atoms with E-state index >= 15 is 0 Å². The van der Waals surface area contributed by atoms with E-state index in [1.54, 1.807) is 12.1 Å². The topological polar surface area (TPSA) is 88.6 Å². The first-order valence-corrected chi connectivity index (χ1v) is 9.22. The van der Waals surface area contributed by atoms with E-state index in [1.807, 2.05) is 6.92 Å². The highest BCUT2D eigenvalue weighted by Crippen LogP contribution is 2.44. The van der Waals surface area contributed by atoms with Crippen molar-refractivity contribution in [3.8, 4) is 12.1 Å². The van der Waals surface area contributed by atoms with Gasteiger partial charge in [-0.1, -0.05) is 13.0 Å². The maximum atomic E-state index is 13.6. The fourth-order valence-electron chi connectivity index (χ4n) is 3.64. The van der Waals surface area contributed by atoms with Crippen LogP contribution in [0.5, 0.6) is 0 Å². The molecule has 0 radical (unpaired) electrons. The van der Waals surface area contributed by atoms with E-state index < -0.39 is 48.4 Å². The molecule has 2 heterocycles. The molecular formula is C20H15F6N5. The fourth-order valence-corrected chi connectivity index (χ4v) is 3.64. The van der Waals surface area contributed by atoms with Crippen molar-refractivity contribution in [3.05, 3.63) is 40.7 Å². The highest BCUT2D eigenvalue weighted by atomic mass is 19.4. The molecule has 2 unspecified atom stereocenters. The van der Waals surface area contributed by atoms with Crippen LogP contribution in [-0.2, 0) is 6.42 Å². The number of aromatic nitrogens is 2. The van der Waals surface area contributed by atoms with Gasteiger partial charge >= 0.3 is 12.4 Å². The third kappa shape index (κ3) is 4.41. The van der Waals surface area contributed by atoms with Crippen LogP contribution >= 0.6 is 0 Å². The van der Waals surface area contributed by atoms with E-state index in [-0.39, 0.29) is 11.1 Å². The van der Waals surface area contributed by atoms with Gasteiger partial charge in [-0.15, -0.1) is 0 Å². The van der Waals surface area contributed by atoms with E-state index in [0.717, 1.165) is 0 Å². The van der Waals surface area contributed by atoms with E-state index in [4.69, 9.17) is 0 Å². The second kappa shape index (κ2) is 8.06. The lowest BCUT2D eigenvalue weighted by atomic mass is 9.75. The summed E-state index contributed by atoms with van der Waals surface area (Å²) >= 11 is 0. The van der Waals surface area contributed by atoms with E-state index in [2.05, 4.69) is 15.2 Å². The minimum absolute atomic E-state index is 0.202. The Morgan fingerprint density at radius 3 is 2.39 bits per heavy atom. The van der Waals surface area contributed by atoms with Crippen LogP contribution in [0.25, 0.3) is 10.9 Å². The third-order valence-corrected chi connectivity index (χ3v) is 5.07. The van der Waals surface area contributed by atoms with Crippen molar-refractivity contribution in [2.75, 3.05) is 0 Å². The van der Waals surface area contributed by atoms with Crippen LogP contribution in [0.2, 0.25) is 0 Å². The predicted molar refractivity (Wildman–Crippen MR) is 98.7 cm³/mol. The zero-order valence-corrected chi connectivity index (χ0v) is 16.1. The normalized spacial score (nSPS) is 19.8. The lowest BCUT2D eigenvalue weighted by Crippen LogP contribution is -2.37. The zero-order chi connectivity index (χ0) is 23.0. The summed E-state index contributed by atoms with van der Waals surface area (Å²) in [5, 5.41) is 26.6. The molecule has 0 aliphatic carbocycles. The Kier molecular flexibility index (Phi) is 5.81. The lowest BCUT2D eigenvalue weighted by Gasteiger charge is -2.30. The molecule has 1 aliphatic rings. The lowest BCUT2D eigenvalue weighted by molar-refractivity contribution is -0.134. The van der Waals surface area contributed by atoms with E-state index in [1.165, 1.54) is 18.2 Å². The van der Waals surface area contributed by atoms with Crippen molar-refractivity contribution in [3.63, 3.8) is 0 Å². The van der Waals surface area contributed by atoms with Gasteiger partial charge in [0.25, 0.3) is 0 Å². The van der Waals surface area contributed by atoms with Crippen LogP contribution in [0, 0.1) is 28.6 Å². The number of hydrogen-bond acceptors (Lipinski definition) is 4. The number of aryl methyl sites for hydroxylation is 1.